The molecule has 1 aromatic carbocycles. The first kappa shape index (κ1) is 16.7. The number of benzene rings is 1. The van der Waals surface area contributed by atoms with E-state index < -0.39 is 5.54 Å². The van der Waals surface area contributed by atoms with Crippen LogP contribution in [0.25, 0.3) is 0 Å². The molecule has 1 unspecified atom stereocenters. The summed E-state index contributed by atoms with van der Waals surface area (Å²) in [6, 6.07) is 12.9. The first-order valence-corrected chi connectivity index (χ1v) is 7.48. The minimum atomic E-state index is -0.406. The molecule has 1 rings (SSSR count). The molecule has 20 heavy (non-hydrogen) atoms. The second kappa shape index (κ2) is 8.73. The van der Waals surface area contributed by atoms with Gasteiger partial charge in [0.25, 0.3) is 0 Å². The predicted molar refractivity (Wildman–Crippen MR) is 84.6 cm³/mol. The Morgan fingerprint density at radius 1 is 1.25 bits per heavy atom. The quantitative estimate of drug-likeness (QED) is 0.752. The number of nitriles is 1. The highest BCUT2D eigenvalue weighted by Gasteiger charge is 2.22. The van der Waals surface area contributed by atoms with Crippen LogP contribution in [0.5, 0.6) is 0 Å². The lowest BCUT2D eigenvalue weighted by atomic mass is 9.99. The highest BCUT2D eigenvalue weighted by molar-refractivity contribution is 5.14. The fourth-order valence-electron chi connectivity index (χ4n) is 2.08. The highest BCUT2D eigenvalue weighted by Crippen LogP contribution is 2.09. The summed E-state index contributed by atoms with van der Waals surface area (Å²) in [5, 5.41) is 12.6. The van der Waals surface area contributed by atoms with E-state index in [0.29, 0.717) is 0 Å². The van der Waals surface area contributed by atoms with Gasteiger partial charge in [-0.1, -0.05) is 37.3 Å². The molecule has 3 nitrogen and oxygen atoms in total. The third-order valence-corrected chi connectivity index (χ3v) is 3.63. The number of hydrogen-bond donors (Lipinski definition) is 1. The summed E-state index contributed by atoms with van der Waals surface area (Å²) in [6.07, 6.45) is 2.97. The molecule has 110 valence electrons. The van der Waals surface area contributed by atoms with Gasteiger partial charge in [-0.25, -0.2) is 0 Å². The van der Waals surface area contributed by atoms with Crippen molar-refractivity contribution < 1.29 is 0 Å². The normalized spacial score (nSPS) is 13.9. The number of rotatable bonds is 9. The first-order chi connectivity index (χ1) is 9.59. The summed E-state index contributed by atoms with van der Waals surface area (Å²) in [5.41, 5.74) is 0.961. The van der Waals surface area contributed by atoms with Gasteiger partial charge in [0.1, 0.15) is 5.54 Å². The molecule has 3 heteroatoms. The predicted octanol–water partition coefficient (Wildman–Crippen LogP) is 2.83. The average molecular weight is 273 g/mol. The van der Waals surface area contributed by atoms with Gasteiger partial charge < -0.3 is 4.90 Å². The molecule has 0 radical (unpaired) electrons. The smallest absolute Gasteiger partial charge is 0.105 e. The van der Waals surface area contributed by atoms with Gasteiger partial charge in [-0.15, -0.1) is 0 Å². The maximum Gasteiger partial charge on any atom is 0.105 e. The molecule has 1 N–H and O–H groups in total. The lowest BCUT2D eigenvalue weighted by Crippen LogP contribution is -2.44. The van der Waals surface area contributed by atoms with Crippen molar-refractivity contribution in [3.63, 3.8) is 0 Å². The molecule has 0 saturated heterocycles. The Kier molecular flexibility index (Phi) is 7.28. The summed E-state index contributed by atoms with van der Waals surface area (Å²) < 4.78 is 0. The standard InChI is InChI=1S/C17H27N3/c1-4-12-19-17(2,15-18)11-14-20(3)13-10-16-8-6-5-7-9-16/h5-9,19H,4,10-14H2,1-3H3. The molecule has 0 amide bonds. The average Bonchev–Trinajstić information content (AvgIpc) is 2.50. The number of likely N-dealkylation sites (N-methyl/N-ethyl adjacent to an activating group) is 1. The molecule has 0 aliphatic rings. The second-order valence-electron chi connectivity index (χ2n) is 5.66. The zero-order valence-corrected chi connectivity index (χ0v) is 13.0. The van der Waals surface area contributed by atoms with Gasteiger partial charge in [0, 0.05) is 13.1 Å². The molecule has 0 aliphatic carbocycles. The summed E-state index contributed by atoms with van der Waals surface area (Å²) >= 11 is 0. The Balaban J connectivity index is 2.31. The summed E-state index contributed by atoms with van der Waals surface area (Å²) in [4.78, 5) is 2.30. The third-order valence-electron chi connectivity index (χ3n) is 3.63. The van der Waals surface area contributed by atoms with Crippen molar-refractivity contribution in [3.8, 4) is 6.07 Å². The molecule has 0 aromatic heterocycles. The van der Waals surface area contributed by atoms with E-state index >= 15 is 0 Å². The van der Waals surface area contributed by atoms with Crippen LogP contribution in [-0.2, 0) is 6.42 Å². The highest BCUT2D eigenvalue weighted by atomic mass is 15.1. The zero-order valence-electron chi connectivity index (χ0n) is 13.0. The van der Waals surface area contributed by atoms with Gasteiger partial charge in [0.2, 0.25) is 0 Å². The van der Waals surface area contributed by atoms with Crippen LogP contribution < -0.4 is 5.32 Å². The van der Waals surface area contributed by atoms with E-state index in [1.807, 2.05) is 13.0 Å². The Bertz CT molecular complexity index is 410. The van der Waals surface area contributed by atoms with Gasteiger partial charge >= 0.3 is 0 Å². The Morgan fingerprint density at radius 3 is 2.55 bits per heavy atom. The number of hydrogen-bond acceptors (Lipinski definition) is 3. The van der Waals surface area contributed by atoms with E-state index in [1.54, 1.807) is 0 Å². The minimum Gasteiger partial charge on any atom is -0.306 e. The van der Waals surface area contributed by atoms with E-state index in [1.165, 1.54) is 5.56 Å². The monoisotopic (exact) mass is 273 g/mol. The van der Waals surface area contributed by atoms with Crippen LogP contribution in [0.3, 0.4) is 0 Å². The Morgan fingerprint density at radius 2 is 1.95 bits per heavy atom. The molecule has 1 atom stereocenters. The topological polar surface area (TPSA) is 39.1 Å². The van der Waals surface area contributed by atoms with Crippen LogP contribution in [0.2, 0.25) is 0 Å². The fraction of sp³-hybridized carbons (Fsp3) is 0.588. The molecular weight excluding hydrogens is 246 g/mol. The van der Waals surface area contributed by atoms with Crippen molar-refractivity contribution >= 4 is 0 Å². The maximum atomic E-state index is 9.30. The Hall–Kier alpha value is -1.37. The SMILES string of the molecule is CCCNC(C)(C#N)CCN(C)CCc1ccccc1. The molecule has 1 aromatic rings. The van der Waals surface area contributed by atoms with Crippen molar-refractivity contribution in [3.05, 3.63) is 35.9 Å². The van der Waals surface area contributed by atoms with E-state index in [-0.39, 0.29) is 0 Å². The van der Waals surface area contributed by atoms with Crippen LogP contribution in [0.1, 0.15) is 32.3 Å². The van der Waals surface area contributed by atoms with Gasteiger partial charge in [0.05, 0.1) is 6.07 Å². The van der Waals surface area contributed by atoms with Crippen LogP contribution in [0, 0.1) is 11.3 Å². The van der Waals surface area contributed by atoms with E-state index in [2.05, 4.69) is 54.5 Å². The van der Waals surface area contributed by atoms with Crippen molar-refractivity contribution in [1.29, 1.82) is 5.26 Å². The van der Waals surface area contributed by atoms with Crippen LogP contribution in [0.4, 0.5) is 0 Å². The molecular formula is C17H27N3. The van der Waals surface area contributed by atoms with Crippen molar-refractivity contribution in [2.75, 3.05) is 26.7 Å². The zero-order chi connectivity index (χ0) is 14.8. The fourth-order valence-corrected chi connectivity index (χ4v) is 2.08. The molecule has 0 saturated carbocycles. The third kappa shape index (κ3) is 6.18. The number of nitrogens with zero attached hydrogens (tertiary/aromatic N) is 2. The molecule has 0 fully saturated rings. The van der Waals surface area contributed by atoms with Crippen molar-refractivity contribution in [2.24, 2.45) is 0 Å². The summed E-state index contributed by atoms with van der Waals surface area (Å²) in [7, 11) is 2.13. The van der Waals surface area contributed by atoms with Gasteiger partial charge in [-0.3, -0.25) is 5.32 Å². The first-order valence-electron chi connectivity index (χ1n) is 7.48. The molecule has 0 bridgehead atoms. The van der Waals surface area contributed by atoms with E-state index in [0.717, 1.165) is 38.9 Å². The minimum absolute atomic E-state index is 0.406. The second-order valence-corrected chi connectivity index (χ2v) is 5.66. The molecule has 0 heterocycles. The largest absolute Gasteiger partial charge is 0.306 e. The molecule has 0 aliphatic heterocycles. The lowest BCUT2D eigenvalue weighted by molar-refractivity contribution is 0.291. The van der Waals surface area contributed by atoms with Crippen LogP contribution >= 0.6 is 0 Å². The van der Waals surface area contributed by atoms with Gasteiger partial charge in [-0.2, -0.15) is 5.26 Å². The maximum absolute atomic E-state index is 9.30. The van der Waals surface area contributed by atoms with Crippen molar-refractivity contribution in [2.45, 2.75) is 38.6 Å². The van der Waals surface area contributed by atoms with Crippen LogP contribution in [-0.4, -0.2) is 37.1 Å². The van der Waals surface area contributed by atoms with Crippen LogP contribution in [0.15, 0.2) is 30.3 Å². The van der Waals surface area contributed by atoms with Gasteiger partial charge in [0.15, 0.2) is 0 Å². The van der Waals surface area contributed by atoms with E-state index in [9.17, 15) is 5.26 Å². The molecule has 0 spiro atoms. The Labute approximate surface area is 123 Å². The van der Waals surface area contributed by atoms with Gasteiger partial charge in [-0.05, 0) is 45.3 Å². The summed E-state index contributed by atoms with van der Waals surface area (Å²) in [5.74, 6) is 0. The van der Waals surface area contributed by atoms with Crippen molar-refractivity contribution in [1.82, 2.24) is 10.2 Å². The number of nitrogens with one attached hydrogen (secondary N) is 1. The lowest BCUT2D eigenvalue weighted by Gasteiger charge is -2.26. The van der Waals surface area contributed by atoms with E-state index in [4.69, 9.17) is 0 Å². The summed E-state index contributed by atoms with van der Waals surface area (Å²) in [6.45, 7) is 6.98.